The summed E-state index contributed by atoms with van der Waals surface area (Å²) in [4.78, 5) is 14.9. The SMILES string of the molecule is COc1ccccc1C(CNC(=O)CCCOc1ccccc1C)N1CCCC1. The minimum Gasteiger partial charge on any atom is -0.496 e. The van der Waals surface area contributed by atoms with Crippen molar-refractivity contribution in [3.05, 3.63) is 59.7 Å². The normalized spacial score (nSPS) is 15.1. The molecule has 5 nitrogen and oxygen atoms in total. The van der Waals surface area contributed by atoms with Gasteiger partial charge in [-0.25, -0.2) is 0 Å². The zero-order valence-electron chi connectivity index (χ0n) is 17.5. The van der Waals surface area contributed by atoms with Gasteiger partial charge in [-0.1, -0.05) is 36.4 Å². The third-order valence-corrected chi connectivity index (χ3v) is 5.47. The van der Waals surface area contributed by atoms with E-state index < -0.39 is 0 Å². The first-order chi connectivity index (χ1) is 14.2. The Bertz CT molecular complexity index is 787. The number of ether oxygens (including phenoxy) is 2. The summed E-state index contributed by atoms with van der Waals surface area (Å²) in [6, 6.07) is 16.2. The van der Waals surface area contributed by atoms with Gasteiger partial charge in [-0.2, -0.15) is 0 Å². The first-order valence-electron chi connectivity index (χ1n) is 10.5. The molecule has 0 saturated carbocycles. The topological polar surface area (TPSA) is 50.8 Å². The van der Waals surface area contributed by atoms with E-state index in [-0.39, 0.29) is 11.9 Å². The van der Waals surface area contributed by atoms with Gasteiger partial charge in [-0.05, 0) is 57.0 Å². The van der Waals surface area contributed by atoms with Gasteiger partial charge in [-0.15, -0.1) is 0 Å². The van der Waals surface area contributed by atoms with Crippen LogP contribution >= 0.6 is 0 Å². The summed E-state index contributed by atoms with van der Waals surface area (Å²) < 4.78 is 11.4. The quantitative estimate of drug-likeness (QED) is 0.614. The summed E-state index contributed by atoms with van der Waals surface area (Å²) in [6.07, 6.45) is 3.57. The molecule has 1 atom stereocenters. The van der Waals surface area contributed by atoms with Crippen molar-refractivity contribution in [3.8, 4) is 11.5 Å². The third kappa shape index (κ3) is 5.97. The predicted molar refractivity (Wildman–Crippen MR) is 115 cm³/mol. The Kier molecular flexibility index (Phi) is 7.94. The van der Waals surface area contributed by atoms with E-state index in [0.717, 1.165) is 35.7 Å². The maximum absolute atomic E-state index is 12.4. The van der Waals surface area contributed by atoms with E-state index in [1.165, 1.54) is 12.8 Å². The minimum atomic E-state index is 0.0671. The second-order valence-corrected chi connectivity index (χ2v) is 7.52. The number of methoxy groups -OCH3 is 1. The number of nitrogens with zero attached hydrogens (tertiary/aromatic N) is 1. The van der Waals surface area contributed by atoms with Crippen molar-refractivity contribution in [2.24, 2.45) is 0 Å². The van der Waals surface area contributed by atoms with Gasteiger partial charge >= 0.3 is 0 Å². The van der Waals surface area contributed by atoms with Gasteiger partial charge in [0, 0.05) is 18.5 Å². The molecule has 1 aliphatic heterocycles. The van der Waals surface area contributed by atoms with Gasteiger partial charge in [0.2, 0.25) is 5.91 Å². The van der Waals surface area contributed by atoms with Crippen LogP contribution in [0.25, 0.3) is 0 Å². The highest BCUT2D eigenvalue weighted by Gasteiger charge is 2.26. The van der Waals surface area contributed by atoms with Crippen LogP contribution in [0.5, 0.6) is 11.5 Å². The lowest BCUT2D eigenvalue weighted by atomic mass is 10.0. The molecule has 2 aromatic rings. The molecule has 156 valence electrons. The smallest absolute Gasteiger partial charge is 0.220 e. The molecule has 1 amide bonds. The summed E-state index contributed by atoms with van der Waals surface area (Å²) in [5.41, 5.74) is 2.25. The molecule has 0 aromatic heterocycles. The van der Waals surface area contributed by atoms with Gasteiger partial charge in [0.25, 0.3) is 0 Å². The number of aryl methyl sites for hydroxylation is 1. The van der Waals surface area contributed by atoms with Crippen molar-refractivity contribution in [3.63, 3.8) is 0 Å². The van der Waals surface area contributed by atoms with Gasteiger partial charge in [0.15, 0.2) is 0 Å². The Morgan fingerprint density at radius 2 is 1.76 bits per heavy atom. The molecular formula is C24H32N2O3. The molecule has 0 bridgehead atoms. The first kappa shape index (κ1) is 21.2. The van der Waals surface area contributed by atoms with E-state index in [1.807, 2.05) is 49.4 Å². The van der Waals surface area contributed by atoms with Crippen molar-refractivity contribution in [1.29, 1.82) is 0 Å². The molecule has 0 aliphatic carbocycles. The van der Waals surface area contributed by atoms with Crippen LogP contribution < -0.4 is 14.8 Å². The van der Waals surface area contributed by atoms with Crippen molar-refractivity contribution in [1.82, 2.24) is 10.2 Å². The lowest BCUT2D eigenvalue weighted by Crippen LogP contribution is -2.37. The molecule has 0 radical (unpaired) electrons. The maximum atomic E-state index is 12.4. The second kappa shape index (κ2) is 10.9. The van der Waals surface area contributed by atoms with Crippen LogP contribution in [0.2, 0.25) is 0 Å². The van der Waals surface area contributed by atoms with Gasteiger partial charge in [0.05, 0.1) is 19.8 Å². The Morgan fingerprint density at radius 1 is 1.07 bits per heavy atom. The second-order valence-electron chi connectivity index (χ2n) is 7.52. The molecule has 2 aromatic carbocycles. The fourth-order valence-electron chi connectivity index (χ4n) is 3.86. The Morgan fingerprint density at radius 3 is 2.48 bits per heavy atom. The highest BCUT2D eigenvalue weighted by atomic mass is 16.5. The number of rotatable bonds is 10. The molecule has 1 heterocycles. The third-order valence-electron chi connectivity index (χ3n) is 5.47. The van der Waals surface area contributed by atoms with E-state index in [1.54, 1.807) is 7.11 Å². The molecule has 29 heavy (non-hydrogen) atoms. The lowest BCUT2D eigenvalue weighted by molar-refractivity contribution is -0.121. The highest BCUT2D eigenvalue weighted by molar-refractivity contribution is 5.75. The minimum absolute atomic E-state index is 0.0671. The summed E-state index contributed by atoms with van der Waals surface area (Å²) in [5.74, 6) is 1.83. The standard InChI is InChI=1S/C24H32N2O3/c1-19-10-3-5-12-22(19)29-17-9-14-24(27)25-18-21(26-15-7-8-16-26)20-11-4-6-13-23(20)28-2/h3-6,10-13,21H,7-9,14-18H2,1-2H3,(H,25,27). The fourth-order valence-corrected chi connectivity index (χ4v) is 3.86. The lowest BCUT2D eigenvalue weighted by Gasteiger charge is -2.29. The van der Waals surface area contributed by atoms with Crippen LogP contribution in [0, 0.1) is 6.92 Å². The summed E-state index contributed by atoms with van der Waals surface area (Å²) in [6.45, 7) is 5.28. The molecule has 1 saturated heterocycles. The number of nitrogens with one attached hydrogen (secondary N) is 1. The number of benzene rings is 2. The van der Waals surface area contributed by atoms with E-state index in [4.69, 9.17) is 9.47 Å². The number of amides is 1. The molecule has 1 N–H and O–H groups in total. The highest BCUT2D eigenvalue weighted by Crippen LogP contribution is 2.31. The van der Waals surface area contributed by atoms with E-state index >= 15 is 0 Å². The van der Waals surface area contributed by atoms with E-state index in [2.05, 4.69) is 16.3 Å². The Labute approximate surface area is 174 Å². The zero-order chi connectivity index (χ0) is 20.5. The van der Waals surface area contributed by atoms with Gasteiger partial charge < -0.3 is 14.8 Å². The molecule has 1 aliphatic rings. The van der Waals surface area contributed by atoms with Crippen LogP contribution in [0.4, 0.5) is 0 Å². The summed E-state index contributed by atoms with van der Waals surface area (Å²) in [7, 11) is 1.70. The number of carbonyl (C=O) groups is 1. The van der Waals surface area contributed by atoms with Crippen molar-refractivity contribution in [2.45, 2.75) is 38.6 Å². The first-order valence-corrected chi connectivity index (χ1v) is 10.5. The van der Waals surface area contributed by atoms with E-state index in [0.29, 0.717) is 26.0 Å². The number of carbonyl (C=O) groups excluding carboxylic acids is 1. The van der Waals surface area contributed by atoms with Crippen molar-refractivity contribution < 1.29 is 14.3 Å². The predicted octanol–water partition coefficient (Wildman–Crippen LogP) is 4.12. The largest absolute Gasteiger partial charge is 0.496 e. The van der Waals surface area contributed by atoms with Gasteiger partial charge in [0.1, 0.15) is 11.5 Å². The molecule has 5 heteroatoms. The molecule has 3 rings (SSSR count). The average Bonchev–Trinajstić information content (AvgIpc) is 3.27. The summed E-state index contributed by atoms with van der Waals surface area (Å²) >= 11 is 0. The van der Waals surface area contributed by atoms with E-state index in [9.17, 15) is 4.79 Å². The van der Waals surface area contributed by atoms with Gasteiger partial charge in [-0.3, -0.25) is 9.69 Å². The Balaban J connectivity index is 1.50. The van der Waals surface area contributed by atoms with Crippen LogP contribution in [-0.2, 0) is 4.79 Å². The number of para-hydroxylation sites is 2. The Hall–Kier alpha value is -2.53. The molecule has 1 unspecified atom stereocenters. The molecule has 0 spiro atoms. The summed E-state index contributed by atoms with van der Waals surface area (Å²) in [5, 5.41) is 3.13. The fraction of sp³-hybridized carbons (Fsp3) is 0.458. The van der Waals surface area contributed by atoms with Crippen molar-refractivity contribution in [2.75, 3.05) is 33.4 Å². The number of hydrogen-bond acceptors (Lipinski definition) is 4. The average molecular weight is 397 g/mol. The number of likely N-dealkylation sites (tertiary alicyclic amines) is 1. The monoisotopic (exact) mass is 396 g/mol. The van der Waals surface area contributed by atoms with Crippen LogP contribution in [-0.4, -0.2) is 44.2 Å². The number of hydrogen-bond donors (Lipinski definition) is 1. The van der Waals surface area contributed by atoms with Crippen LogP contribution in [0.15, 0.2) is 48.5 Å². The molecule has 1 fully saturated rings. The van der Waals surface area contributed by atoms with Crippen LogP contribution in [0.3, 0.4) is 0 Å². The maximum Gasteiger partial charge on any atom is 0.220 e. The van der Waals surface area contributed by atoms with Crippen LogP contribution in [0.1, 0.15) is 42.9 Å². The van der Waals surface area contributed by atoms with Crippen molar-refractivity contribution >= 4 is 5.91 Å². The zero-order valence-corrected chi connectivity index (χ0v) is 17.5. The molecular weight excluding hydrogens is 364 g/mol.